The number of carbonyl (C=O) groups is 6. The van der Waals surface area contributed by atoms with E-state index in [1.54, 1.807) is 27.7 Å². The Morgan fingerprint density at radius 1 is 0.949 bits per heavy atom. The van der Waals surface area contributed by atoms with Gasteiger partial charge in [0, 0.05) is 31.2 Å². The van der Waals surface area contributed by atoms with Gasteiger partial charge in [-0.05, 0) is 25.2 Å². The summed E-state index contributed by atoms with van der Waals surface area (Å²) < 4.78 is 33.4. The predicted octanol–water partition coefficient (Wildman–Crippen LogP) is -0.117. The maximum atomic E-state index is 13.0. The molecule has 6 N–H and O–H groups in total. The van der Waals surface area contributed by atoms with Gasteiger partial charge < -0.3 is 21.7 Å². The van der Waals surface area contributed by atoms with E-state index in [9.17, 15) is 41.7 Å². The number of amides is 6. The Balaban J connectivity index is 0.00000704. The van der Waals surface area contributed by atoms with Crippen molar-refractivity contribution >= 4 is 45.6 Å². The molecule has 39 heavy (non-hydrogen) atoms. The molecule has 0 saturated carbocycles. The lowest BCUT2D eigenvalue weighted by atomic mass is 9.96. The molecule has 0 aromatic rings. The van der Waals surface area contributed by atoms with E-state index in [0.717, 1.165) is 12.2 Å². The molecule has 0 bridgehead atoms. The molecule has 222 valence electrons. The first-order valence-corrected chi connectivity index (χ1v) is 14.2. The number of primary amides is 1. The highest BCUT2D eigenvalue weighted by molar-refractivity contribution is 7.87. The quantitative estimate of drug-likeness (QED) is 0.0996. The minimum atomic E-state index is -4.97. The standard InChI is InChI=1S/C22H35N5O9S.C2H6/c1-12(2)18(21(32)25-14(19(30)13(3)4)6-5-10-24-22(23)33)26-20(31)15(37(34,35)36)9-11-27-16(28)7-8-17(27)29;1-2/h7-8,12-15,18H,5-6,9-11H2,1-4H3,(H,25,32)(H,26,31)(H3,23,24,33)(H,34,35,36);1-2H3/t14-,15?,18?;/m0./s1. The average Bonchev–Trinajstić information content (AvgIpc) is 3.16. The van der Waals surface area contributed by atoms with Crippen molar-refractivity contribution in [1.82, 2.24) is 20.9 Å². The van der Waals surface area contributed by atoms with Gasteiger partial charge in [-0.1, -0.05) is 41.5 Å². The van der Waals surface area contributed by atoms with Crippen LogP contribution in [0.1, 0.15) is 60.8 Å². The second kappa shape index (κ2) is 16.6. The number of Topliss-reactive ketones (excluding diaryl/α,β-unsaturated/α-hetero) is 1. The molecule has 0 aromatic carbocycles. The first kappa shape index (κ1) is 35.7. The molecule has 15 heteroatoms. The predicted molar refractivity (Wildman–Crippen MR) is 143 cm³/mol. The van der Waals surface area contributed by atoms with Gasteiger partial charge in [0.1, 0.15) is 6.04 Å². The van der Waals surface area contributed by atoms with Crippen molar-refractivity contribution < 1.29 is 41.7 Å². The van der Waals surface area contributed by atoms with Crippen LogP contribution in [0.2, 0.25) is 0 Å². The lowest BCUT2D eigenvalue weighted by Crippen LogP contribution is -2.56. The van der Waals surface area contributed by atoms with Gasteiger partial charge in [0.05, 0.1) is 6.04 Å². The Morgan fingerprint density at radius 3 is 1.92 bits per heavy atom. The zero-order valence-corrected chi connectivity index (χ0v) is 24.0. The third-order valence-electron chi connectivity index (χ3n) is 5.61. The van der Waals surface area contributed by atoms with Crippen molar-refractivity contribution in [2.45, 2.75) is 78.1 Å². The van der Waals surface area contributed by atoms with E-state index < -0.39 is 81.9 Å². The number of hydrogen-bond donors (Lipinski definition) is 5. The summed E-state index contributed by atoms with van der Waals surface area (Å²) in [6, 6.07) is -2.96. The Labute approximate surface area is 229 Å². The first-order valence-electron chi connectivity index (χ1n) is 12.7. The third kappa shape index (κ3) is 11.9. The second-order valence-electron chi connectivity index (χ2n) is 9.24. The van der Waals surface area contributed by atoms with Crippen LogP contribution in [0.3, 0.4) is 0 Å². The molecule has 1 rings (SSSR count). The summed E-state index contributed by atoms with van der Waals surface area (Å²) in [4.78, 5) is 73.5. The number of rotatable bonds is 15. The van der Waals surface area contributed by atoms with Gasteiger partial charge in [-0.2, -0.15) is 8.42 Å². The fourth-order valence-corrected chi connectivity index (χ4v) is 4.30. The van der Waals surface area contributed by atoms with Gasteiger partial charge in [0.2, 0.25) is 11.8 Å². The third-order valence-corrected chi connectivity index (χ3v) is 6.78. The van der Waals surface area contributed by atoms with Crippen LogP contribution in [0.15, 0.2) is 12.2 Å². The lowest BCUT2D eigenvalue weighted by molar-refractivity contribution is -0.137. The van der Waals surface area contributed by atoms with Gasteiger partial charge in [-0.3, -0.25) is 33.4 Å². The van der Waals surface area contributed by atoms with Crippen LogP contribution in [-0.2, 0) is 34.1 Å². The molecule has 1 heterocycles. The molecule has 6 amide bonds. The molecule has 1 aliphatic rings. The average molecular weight is 576 g/mol. The van der Waals surface area contributed by atoms with E-state index in [0.29, 0.717) is 11.3 Å². The van der Waals surface area contributed by atoms with Crippen molar-refractivity contribution in [2.24, 2.45) is 17.6 Å². The molecule has 3 atom stereocenters. The minimum Gasteiger partial charge on any atom is -0.352 e. The van der Waals surface area contributed by atoms with Crippen molar-refractivity contribution in [2.75, 3.05) is 13.1 Å². The van der Waals surface area contributed by atoms with Gasteiger partial charge >= 0.3 is 6.03 Å². The van der Waals surface area contributed by atoms with E-state index >= 15 is 0 Å². The number of ketones is 1. The topological polar surface area (TPSA) is 222 Å². The maximum Gasteiger partial charge on any atom is 0.312 e. The van der Waals surface area contributed by atoms with Crippen molar-refractivity contribution in [3.8, 4) is 0 Å². The smallest absolute Gasteiger partial charge is 0.312 e. The van der Waals surface area contributed by atoms with Crippen LogP contribution in [0.5, 0.6) is 0 Å². The van der Waals surface area contributed by atoms with E-state index in [4.69, 9.17) is 5.73 Å². The number of nitrogens with zero attached hydrogens (tertiary/aromatic N) is 1. The summed E-state index contributed by atoms with van der Waals surface area (Å²) in [5, 5.41) is 5.19. The molecular formula is C24H41N5O9S. The number of carbonyl (C=O) groups excluding carboxylic acids is 6. The monoisotopic (exact) mass is 575 g/mol. The Morgan fingerprint density at radius 2 is 1.49 bits per heavy atom. The summed E-state index contributed by atoms with van der Waals surface area (Å²) >= 11 is 0. The molecule has 0 saturated heterocycles. The number of imide groups is 1. The lowest BCUT2D eigenvalue weighted by Gasteiger charge is -2.27. The molecular weight excluding hydrogens is 534 g/mol. The molecule has 0 spiro atoms. The minimum absolute atomic E-state index is 0.168. The molecule has 0 radical (unpaired) electrons. The molecule has 0 aromatic heterocycles. The summed E-state index contributed by atoms with van der Waals surface area (Å²) in [5.74, 6) is -4.62. The van der Waals surface area contributed by atoms with Crippen molar-refractivity contribution in [1.29, 1.82) is 0 Å². The van der Waals surface area contributed by atoms with Crippen LogP contribution < -0.4 is 21.7 Å². The molecule has 0 aliphatic carbocycles. The van der Waals surface area contributed by atoms with Crippen LogP contribution in [0.4, 0.5) is 4.79 Å². The normalized spacial score (nSPS) is 15.4. The summed E-state index contributed by atoms with van der Waals surface area (Å²) in [6.45, 7) is 10.2. The van der Waals surface area contributed by atoms with Crippen LogP contribution in [-0.4, -0.2) is 83.7 Å². The van der Waals surface area contributed by atoms with E-state index in [1.807, 2.05) is 13.8 Å². The second-order valence-corrected chi connectivity index (χ2v) is 10.8. The molecule has 0 fully saturated rings. The number of urea groups is 1. The summed E-state index contributed by atoms with van der Waals surface area (Å²) in [5.41, 5.74) is 5.02. The highest BCUT2D eigenvalue weighted by atomic mass is 32.2. The number of nitrogens with two attached hydrogens (primary N) is 1. The van der Waals surface area contributed by atoms with E-state index in [-0.39, 0.29) is 18.7 Å². The summed E-state index contributed by atoms with van der Waals surface area (Å²) in [7, 11) is -4.97. The van der Waals surface area contributed by atoms with Crippen LogP contribution in [0.25, 0.3) is 0 Å². The van der Waals surface area contributed by atoms with Gasteiger partial charge in [0.25, 0.3) is 21.9 Å². The van der Waals surface area contributed by atoms with E-state index in [2.05, 4.69) is 16.0 Å². The maximum absolute atomic E-state index is 13.0. The van der Waals surface area contributed by atoms with Crippen molar-refractivity contribution in [3.05, 3.63) is 12.2 Å². The fourth-order valence-electron chi connectivity index (χ4n) is 3.56. The van der Waals surface area contributed by atoms with Crippen LogP contribution in [0, 0.1) is 11.8 Å². The largest absolute Gasteiger partial charge is 0.352 e. The number of hydrogen-bond acceptors (Lipinski definition) is 8. The zero-order chi connectivity index (χ0) is 30.5. The highest BCUT2D eigenvalue weighted by Gasteiger charge is 2.37. The Bertz CT molecular complexity index is 1020. The van der Waals surface area contributed by atoms with Gasteiger partial charge in [-0.25, -0.2) is 4.79 Å². The molecule has 1 aliphatic heterocycles. The summed E-state index contributed by atoms with van der Waals surface area (Å²) in [6.07, 6.45) is 1.86. The van der Waals surface area contributed by atoms with E-state index in [1.165, 1.54) is 0 Å². The van der Waals surface area contributed by atoms with Crippen LogP contribution >= 0.6 is 0 Å². The number of nitrogens with one attached hydrogen (secondary N) is 3. The molecule has 2 unspecified atom stereocenters. The first-order chi connectivity index (χ1) is 18.1. The Kier molecular flexibility index (Phi) is 15.2. The van der Waals surface area contributed by atoms with Gasteiger partial charge in [0.15, 0.2) is 11.0 Å². The highest BCUT2D eigenvalue weighted by Crippen LogP contribution is 2.13. The SMILES string of the molecule is CC.CC(C)C(=O)[C@H](CCCNC(N)=O)NC(=O)C(NC(=O)C(CCN1C(=O)C=CC1=O)S(=O)(=O)O)C(C)C. The Hall–Kier alpha value is -3.33. The van der Waals surface area contributed by atoms with Crippen molar-refractivity contribution in [3.63, 3.8) is 0 Å². The van der Waals surface area contributed by atoms with Gasteiger partial charge in [-0.15, -0.1) is 0 Å². The molecule has 14 nitrogen and oxygen atoms in total. The zero-order valence-electron chi connectivity index (χ0n) is 23.2. The fraction of sp³-hybridized carbons (Fsp3) is 0.667.